The maximum absolute atomic E-state index is 12.7. The predicted molar refractivity (Wildman–Crippen MR) is 83.1 cm³/mol. The minimum absolute atomic E-state index is 0.0539. The van der Waals surface area contributed by atoms with Crippen molar-refractivity contribution in [1.29, 1.82) is 0 Å². The molecule has 0 saturated heterocycles. The highest BCUT2D eigenvalue weighted by atomic mass is 32.2. The van der Waals surface area contributed by atoms with Crippen LogP contribution in [0.3, 0.4) is 0 Å². The number of rotatable bonds is 6. The molecule has 0 N–H and O–H groups in total. The Bertz CT molecular complexity index is 757. The molecular weight excluding hydrogens is 326 g/mol. The lowest BCUT2D eigenvalue weighted by atomic mass is 10.2. The first kappa shape index (κ1) is 16.5. The molecule has 22 heavy (non-hydrogen) atoms. The first-order chi connectivity index (χ1) is 10.3. The largest absolute Gasteiger partial charge is 0.325 e. The summed E-state index contributed by atoms with van der Waals surface area (Å²) in [6, 6.07) is 4.33. The van der Waals surface area contributed by atoms with E-state index < -0.39 is 14.9 Å². The Morgan fingerprint density at radius 3 is 2.68 bits per heavy atom. The summed E-state index contributed by atoms with van der Waals surface area (Å²) >= 11 is 0.803. The van der Waals surface area contributed by atoms with Crippen LogP contribution in [-0.4, -0.2) is 28.7 Å². The summed E-state index contributed by atoms with van der Waals surface area (Å²) in [7, 11) is -3.80. The van der Waals surface area contributed by atoms with Crippen LogP contribution in [0, 0.1) is 10.1 Å². The van der Waals surface area contributed by atoms with Crippen LogP contribution in [0.5, 0.6) is 0 Å². The summed E-state index contributed by atoms with van der Waals surface area (Å²) in [6.07, 6.45) is 3.21. The van der Waals surface area contributed by atoms with Crippen LogP contribution >= 0.6 is 11.3 Å². The van der Waals surface area contributed by atoms with Crippen molar-refractivity contribution in [2.75, 3.05) is 0 Å². The van der Waals surface area contributed by atoms with Crippen molar-refractivity contribution < 1.29 is 13.3 Å². The first-order valence-electron chi connectivity index (χ1n) is 6.46. The van der Waals surface area contributed by atoms with Crippen LogP contribution in [0.2, 0.25) is 0 Å². The summed E-state index contributed by atoms with van der Waals surface area (Å²) in [4.78, 5) is 14.1. The number of sulfonamides is 1. The van der Waals surface area contributed by atoms with Gasteiger partial charge >= 0.3 is 5.00 Å². The first-order valence-corrected chi connectivity index (χ1v) is 8.78. The molecule has 0 aliphatic carbocycles. The van der Waals surface area contributed by atoms with Gasteiger partial charge in [-0.1, -0.05) is 17.4 Å². The Labute approximate surface area is 132 Å². The molecule has 118 valence electrons. The van der Waals surface area contributed by atoms with E-state index in [1.807, 2.05) is 0 Å². The molecule has 2 aromatic heterocycles. The van der Waals surface area contributed by atoms with Gasteiger partial charge in [0.15, 0.2) is 0 Å². The molecule has 0 amide bonds. The number of aromatic nitrogens is 1. The van der Waals surface area contributed by atoms with Gasteiger partial charge in [0.2, 0.25) is 10.0 Å². The van der Waals surface area contributed by atoms with Gasteiger partial charge in [0.05, 0.1) is 4.92 Å². The monoisotopic (exact) mass is 341 g/mol. The number of pyridine rings is 1. The molecule has 0 aromatic carbocycles. The lowest BCUT2D eigenvalue weighted by Gasteiger charge is -2.25. The molecule has 0 aliphatic rings. The minimum atomic E-state index is -3.80. The van der Waals surface area contributed by atoms with Crippen molar-refractivity contribution in [3.63, 3.8) is 0 Å². The average molecular weight is 341 g/mol. The van der Waals surface area contributed by atoms with Crippen molar-refractivity contribution in [2.45, 2.75) is 31.3 Å². The van der Waals surface area contributed by atoms with Gasteiger partial charge in [-0.3, -0.25) is 15.1 Å². The summed E-state index contributed by atoms with van der Waals surface area (Å²) in [6.45, 7) is 3.68. The number of nitro groups is 1. The summed E-state index contributed by atoms with van der Waals surface area (Å²) < 4.78 is 26.7. The fraction of sp³-hybridized carbons (Fsp3) is 0.308. The maximum Gasteiger partial charge on any atom is 0.325 e. The van der Waals surface area contributed by atoms with Gasteiger partial charge in [0, 0.05) is 36.4 Å². The zero-order valence-corrected chi connectivity index (χ0v) is 13.7. The van der Waals surface area contributed by atoms with Crippen LogP contribution in [0.15, 0.2) is 40.9 Å². The van der Waals surface area contributed by atoms with Gasteiger partial charge < -0.3 is 0 Å². The third-order valence-electron chi connectivity index (χ3n) is 2.99. The Morgan fingerprint density at radius 1 is 1.45 bits per heavy atom. The third-order valence-corrected chi connectivity index (χ3v) is 6.01. The highest BCUT2D eigenvalue weighted by molar-refractivity contribution is 7.89. The molecule has 0 unspecified atom stereocenters. The second kappa shape index (κ2) is 6.51. The standard InChI is InChI=1S/C13H15N3O4S2/c1-10(2)15(8-11-4-3-5-14-7-11)22(19,20)12-6-13(16(17)18)21-9-12/h3-7,9-10H,8H2,1-2H3. The Kier molecular flexibility index (Phi) is 4.89. The number of thiophene rings is 1. The van der Waals surface area contributed by atoms with E-state index in [0.29, 0.717) is 0 Å². The average Bonchev–Trinajstić information content (AvgIpc) is 2.96. The lowest BCUT2D eigenvalue weighted by Crippen LogP contribution is -2.36. The summed E-state index contributed by atoms with van der Waals surface area (Å²) in [5.41, 5.74) is 0.754. The van der Waals surface area contributed by atoms with E-state index in [-0.39, 0.29) is 22.5 Å². The molecule has 0 bridgehead atoms. The molecule has 0 radical (unpaired) electrons. The van der Waals surface area contributed by atoms with Crippen LogP contribution in [0.25, 0.3) is 0 Å². The highest BCUT2D eigenvalue weighted by Gasteiger charge is 2.29. The number of nitrogens with zero attached hydrogens (tertiary/aromatic N) is 3. The fourth-order valence-corrected chi connectivity index (χ4v) is 4.59. The van der Waals surface area contributed by atoms with Crippen molar-refractivity contribution in [3.05, 3.63) is 51.7 Å². The molecule has 0 saturated carbocycles. The van der Waals surface area contributed by atoms with E-state index in [4.69, 9.17) is 0 Å². The van der Waals surface area contributed by atoms with Gasteiger partial charge in [-0.15, -0.1) is 0 Å². The van der Waals surface area contributed by atoms with E-state index in [1.54, 1.807) is 38.4 Å². The van der Waals surface area contributed by atoms with E-state index in [1.165, 1.54) is 9.69 Å². The molecule has 0 fully saturated rings. The molecule has 0 aliphatic heterocycles. The zero-order valence-electron chi connectivity index (χ0n) is 12.0. The third kappa shape index (κ3) is 3.49. The van der Waals surface area contributed by atoms with Gasteiger partial charge in [-0.2, -0.15) is 4.31 Å². The number of hydrogen-bond donors (Lipinski definition) is 0. The second-order valence-corrected chi connectivity index (χ2v) is 7.66. The van der Waals surface area contributed by atoms with E-state index in [9.17, 15) is 18.5 Å². The maximum atomic E-state index is 12.7. The van der Waals surface area contributed by atoms with Gasteiger partial charge in [0.1, 0.15) is 4.90 Å². The number of hydrogen-bond acceptors (Lipinski definition) is 6. The molecular formula is C13H15N3O4S2. The molecule has 2 aromatic rings. The molecule has 7 nitrogen and oxygen atoms in total. The quantitative estimate of drug-likeness (QED) is 0.595. The molecule has 9 heteroatoms. The van der Waals surface area contributed by atoms with Crippen molar-refractivity contribution in [2.24, 2.45) is 0 Å². The molecule has 0 atom stereocenters. The predicted octanol–water partition coefficient (Wildman–Crippen LogP) is 2.65. The van der Waals surface area contributed by atoms with Crippen molar-refractivity contribution >= 4 is 26.4 Å². The smallest absolute Gasteiger partial charge is 0.264 e. The summed E-state index contributed by atoms with van der Waals surface area (Å²) in [5, 5.41) is 11.8. The molecule has 2 rings (SSSR count). The van der Waals surface area contributed by atoms with Crippen molar-refractivity contribution in [3.8, 4) is 0 Å². The summed E-state index contributed by atoms with van der Waals surface area (Å²) in [5.74, 6) is 0. The minimum Gasteiger partial charge on any atom is -0.264 e. The Hall–Kier alpha value is -1.84. The SMILES string of the molecule is CC(C)N(Cc1cccnc1)S(=O)(=O)c1csc([N+](=O)[O-])c1. The van der Waals surface area contributed by atoms with E-state index >= 15 is 0 Å². The second-order valence-electron chi connectivity index (χ2n) is 4.88. The molecule has 0 spiro atoms. The van der Waals surface area contributed by atoms with Gasteiger partial charge in [-0.25, -0.2) is 8.42 Å². The topological polar surface area (TPSA) is 93.4 Å². The lowest BCUT2D eigenvalue weighted by molar-refractivity contribution is -0.380. The zero-order chi connectivity index (χ0) is 16.3. The van der Waals surface area contributed by atoms with Crippen LogP contribution in [-0.2, 0) is 16.6 Å². The van der Waals surface area contributed by atoms with Crippen LogP contribution in [0.1, 0.15) is 19.4 Å². The van der Waals surface area contributed by atoms with E-state index in [0.717, 1.165) is 23.0 Å². The van der Waals surface area contributed by atoms with Gasteiger partial charge in [0.25, 0.3) is 0 Å². The Morgan fingerprint density at radius 2 is 2.18 bits per heavy atom. The van der Waals surface area contributed by atoms with Crippen LogP contribution < -0.4 is 0 Å². The van der Waals surface area contributed by atoms with Crippen molar-refractivity contribution in [1.82, 2.24) is 9.29 Å². The van der Waals surface area contributed by atoms with Crippen LogP contribution in [0.4, 0.5) is 5.00 Å². The van der Waals surface area contributed by atoms with Gasteiger partial charge in [-0.05, 0) is 25.5 Å². The fourth-order valence-electron chi connectivity index (χ4n) is 1.89. The normalized spacial score (nSPS) is 12.0. The molecule has 2 heterocycles. The van der Waals surface area contributed by atoms with E-state index in [2.05, 4.69) is 4.98 Å². The Balaban J connectivity index is 2.35. The highest BCUT2D eigenvalue weighted by Crippen LogP contribution is 2.29.